The Morgan fingerprint density at radius 2 is 2.00 bits per heavy atom. The van der Waals surface area contributed by atoms with Crippen LogP contribution in [0.25, 0.3) is 5.57 Å². The molecule has 0 amide bonds. The quantitative estimate of drug-likeness (QED) is 0.870. The zero-order valence-corrected chi connectivity index (χ0v) is 12.9. The summed E-state index contributed by atoms with van der Waals surface area (Å²) in [5.74, 6) is -0.292. The average molecular weight is 310 g/mol. The summed E-state index contributed by atoms with van der Waals surface area (Å²) in [6.45, 7) is 2.37. The van der Waals surface area contributed by atoms with E-state index in [-0.39, 0.29) is 11.9 Å². The van der Waals surface area contributed by atoms with E-state index in [1.54, 1.807) is 6.07 Å². The van der Waals surface area contributed by atoms with Crippen molar-refractivity contribution >= 4 is 5.57 Å². The lowest BCUT2D eigenvalue weighted by Gasteiger charge is -2.44. The van der Waals surface area contributed by atoms with E-state index in [9.17, 15) is 4.39 Å². The number of nitrogens with zero attached hydrogens (tertiary/aromatic N) is 2. The maximum atomic E-state index is 13.1. The molecule has 1 saturated heterocycles. The minimum absolute atomic E-state index is 0.254. The third-order valence-corrected chi connectivity index (χ3v) is 4.61. The van der Waals surface area contributed by atoms with Crippen molar-refractivity contribution in [2.24, 2.45) is 0 Å². The molecule has 4 heteroatoms. The molecule has 2 aliphatic rings. The average Bonchev–Trinajstić information content (AvgIpc) is 2.56. The normalized spacial score (nSPS) is 24.3. The fourth-order valence-corrected chi connectivity index (χ4v) is 3.46. The molecule has 0 spiro atoms. The van der Waals surface area contributed by atoms with Gasteiger partial charge in [0.05, 0.1) is 31.1 Å². The Kier molecular flexibility index (Phi) is 3.93. The van der Waals surface area contributed by atoms with Crippen LogP contribution in [0.4, 0.5) is 4.39 Å². The van der Waals surface area contributed by atoms with Crippen LogP contribution < -0.4 is 0 Å². The van der Waals surface area contributed by atoms with Crippen molar-refractivity contribution in [3.8, 4) is 0 Å². The first-order valence-electron chi connectivity index (χ1n) is 7.99. The highest BCUT2D eigenvalue weighted by atomic mass is 19.1. The molecule has 2 aromatic rings. The van der Waals surface area contributed by atoms with Crippen molar-refractivity contribution in [1.82, 2.24) is 9.88 Å². The third-order valence-electron chi connectivity index (χ3n) is 4.61. The Balaban J connectivity index is 1.59. The molecule has 3 nitrogen and oxygen atoms in total. The Hall–Kier alpha value is -2.04. The first kappa shape index (κ1) is 14.5. The number of hydrogen-bond acceptors (Lipinski definition) is 3. The van der Waals surface area contributed by atoms with Crippen LogP contribution in [-0.2, 0) is 11.3 Å². The summed E-state index contributed by atoms with van der Waals surface area (Å²) >= 11 is 0. The number of pyridine rings is 1. The molecule has 1 fully saturated rings. The van der Waals surface area contributed by atoms with Crippen molar-refractivity contribution in [2.75, 3.05) is 13.2 Å². The topological polar surface area (TPSA) is 25.4 Å². The van der Waals surface area contributed by atoms with Crippen molar-refractivity contribution < 1.29 is 9.13 Å². The zero-order chi connectivity index (χ0) is 15.6. The Morgan fingerprint density at radius 1 is 1.13 bits per heavy atom. The number of morpholine rings is 1. The second-order valence-corrected chi connectivity index (χ2v) is 6.17. The monoisotopic (exact) mass is 310 g/mol. The van der Waals surface area contributed by atoms with Gasteiger partial charge in [-0.2, -0.15) is 0 Å². The van der Waals surface area contributed by atoms with Crippen molar-refractivity contribution in [1.29, 1.82) is 0 Å². The molecule has 2 aliphatic heterocycles. The summed E-state index contributed by atoms with van der Waals surface area (Å²) < 4.78 is 18.8. The van der Waals surface area contributed by atoms with Gasteiger partial charge in [-0.15, -0.1) is 0 Å². The molecule has 1 aromatic heterocycles. The highest BCUT2D eigenvalue weighted by Gasteiger charge is 2.35. The third kappa shape index (κ3) is 3.05. The molecule has 0 N–H and O–H groups in total. The maximum absolute atomic E-state index is 13.1. The second-order valence-electron chi connectivity index (χ2n) is 6.17. The van der Waals surface area contributed by atoms with Crippen LogP contribution in [0.1, 0.15) is 17.7 Å². The molecule has 0 aliphatic carbocycles. The number of fused-ring (bicyclic) bond motifs is 2. The number of hydrogen-bond donors (Lipinski definition) is 0. The molecule has 2 bridgehead atoms. The molecule has 23 heavy (non-hydrogen) atoms. The van der Waals surface area contributed by atoms with Gasteiger partial charge in [-0.1, -0.05) is 36.4 Å². The fraction of sp³-hybridized carbons (Fsp3) is 0.316. The van der Waals surface area contributed by atoms with Gasteiger partial charge in [0.15, 0.2) is 0 Å². The highest BCUT2D eigenvalue weighted by molar-refractivity contribution is 5.65. The molecule has 2 atom stereocenters. The Morgan fingerprint density at radius 3 is 2.74 bits per heavy atom. The van der Waals surface area contributed by atoms with Crippen molar-refractivity contribution in [2.45, 2.75) is 25.0 Å². The largest absolute Gasteiger partial charge is 0.378 e. The van der Waals surface area contributed by atoms with Crippen LogP contribution in [0.5, 0.6) is 0 Å². The molecule has 0 saturated carbocycles. The summed E-state index contributed by atoms with van der Waals surface area (Å²) in [5.41, 5.74) is 3.40. The summed E-state index contributed by atoms with van der Waals surface area (Å²) in [7, 11) is 0. The Bertz CT molecular complexity index is 699. The van der Waals surface area contributed by atoms with E-state index in [0.717, 1.165) is 25.3 Å². The number of halogens is 1. The van der Waals surface area contributed by atoms with E-state index >= 15 is 0 Å². The van der Waals surface area contributed by atoms with Crippen LogP contribution in [0, 0.1) is 5.82 Å². The van der Waals surface area contributed by atoms with Crippen LogP contribution >= 0.6 is 0 Å². The molecular weight excluding hydrogens is 291 g/mol. The van der Waals surface area contributed by atoms with E-state index in [4.69, 9.17) is 4.74 Å². The van der Waals surface area contributed by atoms with E-state index in [1.807, 2.05) is 6.07 Å². The number of benzene rings is 1. The number of ether oxygens (including phenoxy) is 1. The number of aromatic nitrogens is 1. The van der Waals surface area contributed by atoms with E-state index in [1.165, 1.54) is 23.4 Å². The molecule has 118 valence electrons. The van der Waals surface area contributed by atoms with Gasteiger partial charge in [0.25, 0.3) is 0 Å². The Labute approximate surface area is 135 Å². The first-order valence-corrected chi connectivity index (χ1v) is 7.99. The van der Waals surface area contributed by atoms with Gasteiger partial charge in [-0.25, -0.2) is 4.39 Å². The number of rotatable bonds is 3. The van der Waals surface area contributed by atoms with Gasteiger partial charge in [0.1, 0.15) is 5.82 Å². The van der Waals surface area contributed by atoms with Crippen molar-refractivity contribution in [3.05, 3.63) is 71.8 Å². The maximum Gasteiger partial charge on any atom is 0.141 e. The summed E-state index contributed by atoms with van der Waals surface area (Å²) in [5, 5.41) is 0. The summed E-state index contributed by atoms with van der Waals surface area (Å²) in [4.78, 5) is 6.74. The zero-order valence-electron chi connectivity index (χ0n) is 12.9. The van der Waals surface area contributed by atoms with Crippen LogP contribution in [0.15, 0.2) is 54.7 Å². The molecule has 1 aromatic carbocycles. The van der Waals surface area contributed by atoms with E-state index < -0.39 is 0 Å². The van der Waals surface area contributed by atoms with Gasteiger partial charge in [-0.3, -0.25) is 9.88 Å². The van der Waals surface area contributed by atoms with Crippen LogP contribution in [-0.4, -0.2) is 35.2 Å². The highest BCUT2D eigenvalue weighted by Crippen LogP contribution is 2.32. The van der Waals surface area contributed by atoms with Gasteiger partial charge in [0, 0.05) is 12.6 Å². The van der Waals surface area contributed by atoms with Gasteiger partial charge < -0.3 is 4.74 Å². The van der Waals surface area contributed by atoms with E-state index in [0.29, 0.717) is 12.6 Å². The standard InChI is InChI=1S/C19H19FN2O/c20-16-6-7-19(21-10-16)15-8-17-12-23-13-18(9-15)22(17)11-14-4-2-1-3-5-14/h1-8,10,17-18H,9,11-13H2. The molecule has 0 radical (unpaired) electrons. The lowest BCUT2D eigenvalue weighted by Crippen LogP contribution is -2.53. The second kappa shape index (κ2) is 6.22. The molecule has 4 rings (SSSR count). The summed E-state index contributed by atoms with van der Waals surface area (Å²) in [6, 6.07) is 14.4. The summed E-state index contributed by atoms with van der Waals surface area (Å²) in [6.07, 6.45) is 4.42. The molecular formula is C19H19FN2O. The molecule has 2 unspecified atom stereocenters. The van der Waals surface area contributed by atoms with Gasteiger partial charge in [-0.05, 0) is 29.7 Å². The molecule has 3 heterocycles. The lowest BCUT2D eigenvalue weighted by atomic mass is 9.91. The minimum atomic E-state index is -0.292. The first-order chi connectivity index (χ1) is 11.3. The predicted molar refractivity (Wildman–Crippen MR) is 87.2 cm³/mol. The van der Waals surface area contributed by atoms with E-state index in [2.05, 4.69) is 40.2 Å². The smallest absolute Gasteiger partial charge is 0.141 e. The minimum Gasteiger partial charge on any atom is -0.378 e. The SMILES string of the molecule is Fc1ccc(C2=CC3COCC(C2)N3Cc2ccccc2)nc1. The van der Waals surface area contributed by atoms with Crippen LogP contribution in [0.3, 0.4) is 0 Å². The van der Waals surface area contributed by atoms with Crippen LogP contribution in [0.2, 0.25) is 0 Å². The van der Waals surface area contributed by atoms with Gasteiger partial charge >= 0.3 is 0 Å². The predicted octanol–water partition coefficient (Wildman–Crippen LogP) is 3.28. The van der Waals surface area contributed by atoms with Gasteiger partial charge in [0.2, 0.25) is 0 Å². The fourth-order valence-electron chi connectivity index (χ4n) is 3.46. The van der Waals surface area contributed by atoms with Crippen molar-refractivity contribution in [3.63, 3.8) is 0 Å². The lowest BCUT2D eigenvalue weighted by molar-refractivity contribution is -0.0403.